The molecule has 0 aromatic carbocycles. The summed E-state index contributed by atoms with van der Waals surface area (Å²) in [4.78, 5) is 50.2. The number of aromatic nitrogens is 2. The number of rotatable bonds is 5. The summed E-state index contributed by atoms with van der Waals surface area (Å²) in [6, 6.07) is 3.85. The van der Waals surface area contributed by atoms with Gasteiger partial charge in [0.15, 0.2) is 5.92 Å². The summed E-state index contributed by atoms with van der Waals surface area (Å²) in [6.07, 6.45) is -7.22. The maximum Gasteiger partial charge on any atom is 0.419 e. The Labute approximate surface area is 241 Å². The fraction of sp³-hybridized carbons (Fsp3) is 0.391. The lowest BCUT2D eigenvalue weighted by Crippen LogP contribution is -3.00. The third kappa shape index (κ3) is 14.5. The van der Waals surface area contributed by atoms with E-state index >= 15 is 0 Å². The summed E-state index contributed by atoms with van der Waals surface area (Å²) in [5.74, 6) is -5.37. The van der Waals surface area contributed by atoms with E-state index in [9.17, 15) is 45.5 Å². The van der Waals surface area contributed by atoms with Crippen molar-refractivity contribution < 1.29 is 76.9 Å². The summed E-state index contributed by atoms with van der Waals surface area (Å²) in [7, 11) is 4.33. The lowest BCUT2D eigenvalue weighted by atomic mass is 10.00. The van der Waals surface area contributed by atoms with Crippen LogP contribution in [0.2, 0.25) is 5.15 Å². The Hall–Kier alpha value is -3.66. The van der Waals surface area contributed by atoms with Crippen molar-refractivity contribution in [2.75, 3.05) is 28.4 Å². The van der Waals surface area contributed by atoms with Gasteiger partial charge in [-0.05, 0) is 24.3 Å². The van der Waals surface area contributed by atoms with Crippen molar-refractivity contribution in [3.63, 3.8) is 0 Å². The molecule has 2 heterocycles. The molecule has 0 saturated heterocycles. The van der Waals surface area contributed by atoms with Crippen LogP contribution in [0.1, 0.15) is 36.6 Å². The molecule has 0 aliphatic carbocycles. The maximum atomic E-state index is 12.8. The van der Waals surface area contributed by atoms with Crippen molar-refractivity contribution in [3.05, 3.63) is 58.6 Å². The van der Waals surface area contributed by atoms with E-state index in [4.69, 9.17) is 11.6 Å². The summed E-state index contributed by atoms with van der Waals surface area (Å²) in [5.41, 5.74) is -2.83. The molecule has 0 fully saturated rings. The van der Waals surface area contributed by atoms with Crippen LogP contribution in [0.25, 0.3) is 0 Å². The van der Waals surface area contributed by atoms with Crippen LogP contribution in [0.3, 0.4) is 0 Å². The molecule has 2 aromatic rings. The third-order valence-corrected chi connectivity index (χ3v) is 4.40. The molecule has 0 unspecified atom stereocenters. The molecular formula is C23H25Cl2F6N2O8-. The average molecular weight is 642 g/mol. The highest BCUT2D eigenvalue weighted by atomic mass is 35.5. The first-order valence-corrected chi connectivity index (χ1v) is 10.4. The number of carbonyl (C=O) groups is 4. The van der Waals surface area contributed by atoms with Gasteiger partial charge in [-0.3, -0.25) is 24.2 Å². The Bertz CT molecular complexity index is 1100. The van der Waals surface area contributed by atoms with Crippen LogP contribution in [0, 0.1) is 0 Å². The third-order valence-electron chi connectivity index (χ3n) is 4.10. The second-order valence-corrected chi connectivity index (χ2v) is 6.94. The van der Waals surface area contributed by atoms with E-state index in [2.05, 4.69) is 28.9 Å². The van der Waals surface area contributed by atoms with Crippen molar-refractivity contribution >= 4 is 35.5 Å². The molecule has 0 aliphatic rings. The normalized spacial score (nSPS) is 10.1. The molecule has 0 bridgehead atoms. The molecule has 232 valence electrons. The van der Waals surface area contributed by atoms with Gasteiger partial charge in [0, 0.05) is 12.4 Å². The molecule has 2 rings (SSSR count). The molecule has 0 aliphatic heterocycles. The predicted octanol–water partition coefficient (Wildman–Crippen LogP) is 1.65. The minimum atomic E-state index is -4.75. The van der Waals surface area contributed by atoms with Gasteiger partial charge in [-0.25, -0.2) is 4.98 Å². The fourth-order valence-corrected chi connectivity index (χ4v) is 2.53. The number of pyridine rings is 2. The van der Waals surface area contributed by atoms with E-state index < -0.39 is 64.1 Å². The number of halogens is 8. The van der Waals surface area contributed by atoms with Crippen molar-refractivity contribution in [1.82, 2.24) is 9.97 Å². The molecular weight excluding hydrogens is 617 g/mol. The zero-order valence-electron chi connectivity index (χ0n) is 20.9. The topological polar surface area (TPSA) is 131 Å². The Morgan fingerprint density at radius 2 is 1.15 bits per heavy atom. The van der Waals surface area contributed by atoms with Crippen LogP contribution in [-0.2, 0) is 50.5 Å². The van der Waals surface area contributed by atoms with Gasteiger partial charge in [-0.15, -0.1) is 0 Å². The number of hydrogen-bond acceptors (Lipinski definition) is 10. The van der Waals surface area contributed by atoms with Crippen LogP contribution in [0.15, 0.2) is 36.7 Å². The fourth-order valence-electron chi connectivity index (χ4n) is 2.30. The Morgan fingerprint density at radius 1 is 0.756 bits per heavy atom. The van der Waals surface area contributed by atoms with Crippen molar-refractivity contribution in [2.45, 2.75) is 32.1 Å². The standard InChI is InChI=1S/C11H10F3NO4.C6H3ClF3N.C5H8O4.CH4.ClH/c1-18-9(16)7(10(17)19-2)8-6(11(12,13)14)4-3-5-15-8;7-5-4(6(8,9)10)2-1-3-11-5;1-8-4(6)3-5(7)9-2;;/h3-5,7H,1-2H3;1-3H;3H2,1-2H3;1H4;1H/p-1. The summed E-state index contributed by atoms with van der Waals surface area (Å²) >= 11 is 5.18. The number of carbonyl (C=O) groups excluding carboxylic acids is 4. The number of alkyl halides is 6. The highest BCUT2D eigenvalue weighted by molar-refractivity contribution is 6.30. The molecule has 18 heteroatoms. The molecule has 2 aromatic heterocycles. The van der Waals surface area contributed by atoms with E-state index in [1.807, 2.05) is 0 Å². The minimum Gasteiger partial charge on any atom is -1.00 e. The molecule has 0 radical (unpaired) electrons. The van der Waals surface area contributed by atoms with Gasteiger partial charge in [0.25, 0.3) is 0 Å². The minimum absolute atomic E-state index is 0. The first-order valence-electron chi connectivity index (χ1n) is 10.0. The van der Waals surface area contributed by atoms with E-state index in [0.717, 1.165) is 38.6 Å². The van der Waals surface area contributed by atoms with Gasteiger partial charge >= 0.3 is 36.2 Å². The van der Waals surface area contributed by atoms with E-state index in [0.29, 0.717) is 0 Å². The monoisotopic (exact) mass is 641 g/mol. The van der Waals surface area contributed by atoms with Crippen LogP contribution < -0.4 is 12.4 Å². The highest BCUT2D eigenvalue weighted by Crippen LogP contribution is 2.35. The molecule has 0 N–H and O–H groups in total. The van der Waals surface area contributed by atoms with Gasteiger partial charge in [0.1, 0.15) is 11.6 Å². The average Bonchev–Trinajstić information content (AvgIpc) is 2.88. The second kappa shape index (κ2) is 19.4. The van der Waals surface area contributed by atoms with Crippen LogP contribution in [-0.4, -0.2) is 62.3 Å². The lowest BCUT2D eigenvalue weighted by Gasteiger charge is -2.16. The van der Waals surface area contributed by atoms with Gasteiger partial charge in [0.2, 0.25) is 0 Å². The summed E-state index contributed by atoms with van der Waals surface area (Å²) < 4.78 is 91.2. The number of ether oxygens (including phenoxy) is 4. The summed E-state index contributed by atoms with van der Waals surface area (Å²) in [5, 5.41) is -0.514. The van der Waals surface area contributed by atoms with Gasteiger partial charge in [-0.2, -0.15) is 26.3 Å². The van der Waals surface area contributed by atoms with Gasteiger partial charge in [0.05, 0.1) is 45.3 Å². The number of hydrogen-bond donors (Lipinski definition) is 0. The number of methoxy groups -OCH3 is 4. The van der Waals surface area contributed by atoms with Crippen molar-refractivity contribution in [2.24, 2.45) is 0 Å². The summed E-state index contributed by atoms with van der Waals surface area (Å²) in [6.45, 7) is 0. The molecule has 0 spiro atoms. The predicted molar refractivity (Wildman–Crippen MR) is 126 cm³/mol. The lowest BCUT2D eigenvalue weighted by molar-refractivity contribution is -0.156. The van der Waals surface area contributed by atoms with Gasteiger partial charge < -0.3 is 31.4 Å². The zero-order chi connectivity index (χ0) is 30.4. The quantitative estimate of drug-likeness (QED) is 0.156. The molecule has 0 saturated carbocycles. The second-order valence-electron chi connectivity index (χ2n) is 6.58. The van der Waals surface area contributed by atoms with E-state index in [-0.39, 0.29) is 26.3 Å². The van der Waals surface area contributed by atoms with E-state index in [1.165, 1.54) is 26.5 Å². The van der Waals surface area contributed by atoms with E-state index in [1.54, 1.807) is 0 Å². The Kier molecular flexibility index (Phi) is 19.8. The number of esters is 4. The molecule has 10 nitrogen and oxygen atoms in total. The zero-order valence-corrected chi connectivity index (χ0v) is 22.4. The SMILES string of the molecule is C.COC(=O)C(C(=O)OC)c1ncccc1C(F)(F)F.COC(=O)CC(=O)OC.FC(F)(F)c1cccnc1Cl.[Cl-]. The molecule has 41 heavy (non-hydrogen) atoms. The highest BCUT2D eigenvalue weighted by Gasteiger charge is 2.41. The van der Waals surface area contributed by atoms with Crippen LogP contribution >= 0.6 is 11.6 Å². The first kappa shape index (κ1) is 41.8. The Morgan fingerprint density at radius 3 is 1.46 bits per heavy atom. The molecule has 0 amide bonds. The van der Waals surface area contributed by atoms with Crippen molar-refractivity contribution in [1.29, 1.82) is 0 Å². The maximum absolute atomic E-state index is 12.8. The smallest absolute Gasteiger partial charge is 0.419 e. The number of nitrogens with zero attached hydrogens (tertiary/aromatic N) is 2. The van der Waals surface area contributed by atoms with Gasteiger partial charge in [-0.1, -0.05) is 19.0 Å². The van der Waals surface area contributed by atoms with Crippen molar-refractivity contribution in [3.8, 4) is 0 Å². The first-order chi connectivity index (χ1) is 18.0. The van der Waals surface area contributed by atoms with Crippen LogP contribution in [0.5, 0.6) is 0 Å². The Balaban J connectivity index is -0.000000563. The molecule has 0 atom stereocenters. The van der Waals surface area contributed by atoms with Crippen LogP contribution in [0.4, 0.5) is 26.3 Å². The largest absolute Gasteiger partial charge is 1.00 e.